The highest BCUT2D eigenvalue weighted by atomic mass is 16.3. The number of hydrazone groups is 1. The van der Waals surface area contributed by atoms with Crippen molar-refractivity contribution < 1.29 is 14.7 Å². The summed E-state index contributed by atoms with van der Waals surface area (Å²) in [4.78, 5) is 22.9. The van der Waals surface area contributed by atoms with E-state index in [1.165, 1.54) is 0 Å². The number of allylic oxidation sites excluding steroid dienone is 2. The fraction of sp³-hybridized carbons (Fsp3) is 0.267. The molecule has 0 spiro atoms. The van der Waals surface area contributed by atoms with Gasteiger partial charge in [-0.3, -0.25) is 4.79 Å². The number of benzene rings is 1. The van der Waals surface area contributed by atoms with Crippen molar-refractivity contribution in [3.8, 4) is 0 Å². The number of nitrogens with zero attached hydrogens (tertiary/aromatic N) is 1. The molecule has 0 fully saturated rings. The van der Waals surface area contributed by atoms with Crippen LogP contribution in [0.3, 0.4) is 0 Å². The van der Waals surface area contributed by atoms with Gasteiger partial charge in [0.1, 0.15) is 5.76 Å². The average Bonchev–Trinajstić information content (AvgIpc) is 2.45. The van der Waals surface area contributed by atoms with E-state index in [0.717, 1.165) is 5.56 Å². The van der Waals surface area contributed by atoms with Gasteiger partial charge in [-0.15, -0.1) is 0 Å². The van der Waals surface area contributed by atoms with Crippen molar-refractivity contribution in [2.75, 3.05) is 0 Å². The van der Waals surface area contributed by atoms with Crippen LogP contribution >= 0.6 is 0 Å². The molecule has 2 rings (SSSR count). The molecule has 1 aliphatic rings. The standard InChI is InChI=1S/C15H17N3O3/c1-9(17-18-15(16)21)14-12(19)7-11(8-13(14)20)10-5-3-2-4-6-10/h2-6,11,19H,7-8H2,1H3,(H3,16,18,21)/b17-9+. The van der Waals surface area contributed by atoms with Gasteiger partial charge in [0, 0.05) is 12.8 Å². The molecule has 0 bridgehead atoms. The van der Waals surface area contributed by atoms with Gasteiger partial charge in [0.25, 0.3) is 0 Å². The Morgan fingerprint density at radius 1 is 1.33 bits per heavy atom. The third kappa shape index (κ3) is 3.47. The summed E-state index contributed by atoms with van der Waals surface area (Å²) in [6, 6.07) is 8.76. The fourth-order valence-electron chi connectivity index (χ4n) is 2.46. The van der Waals surface area contributed by atoms with Crippen molar-refractivity contribution in [3.63, 3.8) is 0 Å². The lowest BCUT2D eigenvalue weighted by Crippen LogP contribution is -2.28. The number of rotatable bonds is 3. The number of nitrogens with two attached hydrogens (primary N) is 1. The highest BCUT2D eigenvalue weighted by molar-refractivity contribution is 6.22. The Morgan fingerprint density at radius 3 is 2.57 bits per heavy atom. The summed E-state index contributed by atoms with van der Waals surface area (Å²) in [6.45, 7) is 1.54. The Labute approximate surface area is 122 Å². The number of nitrogens with one attached hydrogen (secondary N) is 1. The van der Waals surface area contributed by atoms with E-state index in [0.29, 0.717) is 12.8 Å². The maximum Gasteiger partial charge on any atom is 0.332 e. The first-order valence-electron chi connectivity index (χ1n) is 6.59. The predicted octanol–water partition coefficient (Wildman–Crippen LogP) is 1.99. The topological polar surface area (TPSA) is 105 Å². The Morgan fingerprint density at radius 2 is 2.00 bits per heavy atom. The number of ketones is 1. The van der Waals surface area contributed by atoms with Crippen LogP contribution in [0.25, 0.3) is 0 Å². The first-order valence-corrected chi connectivity index (χ1v) is 6.59. The number of urea groups is 1. The SMILES string of the molecule is C/C(=N\NC(N)=O)C1=C(O)CC(c2ccccc2)CC1=O. The molecule has 1 aromatic rings. The molecular formula is C15H17N3O3. The van der Waals surface area contributed by atoms with E-state index >= 15 is 0 Å². The molecule has 6 nitrogen and oxygen atoms in total. The molecule has 1 unspecified atom stereocenters. The molecule has 6 heteroatoms. The molecule has 1 atom stereocenters. The minimum absolute atomic E-state index is 0.00683. The summed E-state index contributed by atoms with van der Waals surface area (Å²) in [5, 5.41) is 13.8. The van der Waals surface area contributed by atoms with E-state index in [1.807, 2.05) is 30.3 Å². The van der Waals surface area contributed by atoms with Crippen LogP contribution in [0.5, 0.6) is 0 Å². The number of aliphatic hydroxyl groups excluding tert-OH is 1. The Bertz CT molecular complexity index is 620. The largest absolute Gasteiger partial charge is 0.511 e. The zero-order valence-electron chi connectivity index (χ0n) is 11.7. The number of carbonyl (C=O) groups excluding carboxylic acids is 2. The lowest BCUT2D eigenvalue weighted by atomic mass is 9.81. The average molecular weight is 287 g/mol. The van der Waals surface area contributed by atoms with E-state index in [-0.39, 0.29) is 28.7 Å². The third-order valence-corrected chi connectivity index (χ3v) is 3.41. The first-order chi connectivity index (χ1) is 9.99. The maximum absolute atomic E-state index is 12.2. The van der Waals surface area contributed by atoms with Gasteiger partial charge in [-0.2, -0.15) is 5.10 Å². The van der Waals surface area contributed by atoms with Crippen LogP contribution in [0, 0.1) is 0 Å². The second-order valence-electron chi connectivity index (χ2n) is 4.93. The maximum atomic E-state index is 12.2. The Balaban J connectivity index is 2.23. The van der Waals surface area contributed by atoms with Gasteiger partial charge >= 0.3 is 6.03 Å². The van der Waals surface area contributed by atoms with Crippen molar-refractivity contribution >= 4 is 17.5 Å². The van der Waals surface area contributed by atoms with Gasteiger partial charge in [-0.1, -0.05) is 30.3 Å². The zero-order valence-corrected chi connectivity index (χ0v) is 11.7. The van der Waals surface area contributed by atoms with E-state index in [1.54, 1.807) is 6.92 Å². The number of hydrogen-bond donors (Lipinski definition) is 3. The lowest BCUT2D eigenvalue weighted by molar-refractivity contribution is -0.116. The Hall–Kier alpha value is -2.63. The highest BCUT2D eigenvalue weighted by Gasteiger charge is 2.30. The van der Waals surface area contributed by atoms with E-state index < -0.39 is 6.03 Å². The molecule has 0 saturated carbocycles. The third-order valence-electron chi connectivity index (χ3n) is 3.41. The monoisotopic (exact) mass is 287 g/mol. The van der Waals surface area contributed by atoms with Crippen LogP contribution in [0.4, 0.5) is 4.79 Å². The first kappa shape index (κ1) is 14.8. The molecule has 110 valence electrons. The summed E-state index contributed by atoms with van der Waals surface area (Å²) < 4.78 is 0. The van der Waals surface area contributed by atoms with E-state index in [2.05, 4.69) is 10.5 Å². The van der Waals surface area contributed by atoms with Crippen LogP contribution in [0.15, 0.2) is 46.8 Å². The molecule has 0 radical (unpaired) electrons. The van der Waals surface area contributed by atoms with Crippen molar-refractivity contribution in [1.29, 1.82) is 0 Å². The van der Waals surface area contributed by atoms with Crippen LogP contribution in [-0.2, 0) is 4.79 Å². The molecular weight excluding hydrogens is 270 g/mol. The minimum atomic E-state index is -0.820. The second-order valence-corrected chi connectivity index (χ2v) is 4.93. The van der Waals surface area contributed by atoms with E-state index in [9.17, 15) is 14.7 Å². The van der Waals surface area contributed by atoms with Gasteiger partial charge < -0.3 is 10.8 Å². The predicted molar refractivity (Wildman–Crippen MR) is 78.9 cm³/mol. The smallest absolute Gasteiger partial charge is 0.332 e. The van der Waals surface area contributed by atoms with Crippen molar-refractivity contribution in [2.24, 2.45) is 10.8 Å². The molecule has 0 saturated heterocycles. The highest BCUT2D eigenvalue weighted by Crippen LogP contribution is 2.33. The van der Waals surface area contributed by atoms with E-state index in [4.69, 9.17) is 5.73 Å². The van der Waals surface area contributed by atoms with Crippen LogP contribution in [-0.4, -0.2) is 22.6 Å². The number of aliphatic hydroxyl groups is 1. The van der Waals surface area contributed by atoms with Gasteiger partial charge in [0.2, 0.25) is 0 Å². The number of carbonyl (C=O) groups is 2. The fourth-order valence-corrected chi connectivity index (χ4v) is 2.46. The lowest BCUT2D eigenvalue weighted by Gasteiger charge is -2.23. The van der Waals surface area contributed by atoms with Crippen LogP contribution in [0.2, 0.25) is 0 Å². The summed E-state index contributed by atoms with van der Waals surface area (Å²) in [7, 11) is 0. The molecule has 21 heavy (non-hydrogen) atoms. The van der Waals surface area contributed by atoms with Gasteiger partial charge in [0.05, 0.1) is 11.3 Å². The molecule has 0 aromatic heterocycles. The number of primary amides is 1. The minimum Gasteiger partial charge on any atom is -0.511 e. The summed E-state index contributed by atoms with van der Waals surface area (Å²) >= 11 is 0. The van der Waals surface area contributed by atoms with Crippen molar-refractivity contribution in [1.82, 2.24) is 5.43 Å². The molecule has 1 aromatic carbocycles. The van der Waals surface area contributed by atoms with Crippen LogP contribution < -0.4 is 11.2 Å². The quantitative estimate of drug-likeness (QED) is 0.584. The Kier molecular flexibility index (Phi) is 4.37. The normalized spacial score (nSPS) is 19.6. The van der Waals surface area contributed by atoms with Gasteiger partial charge in [-0.05, 0) is 18.4 Å². The molecule has 0 aliphatic heterocycles. The van der Waals surface area contributed by atoms with Gasteiger partial charge in [0.15, 0.2) is 5.78 Å². The number of amides is 2. The molecule has 4 N–H and O–H groups in total. The number of hydrogen-bond acceptors (Lipinski definition) is 4. The number of Topliss-reactive ketones (excluding diaryl/α,β-unsaturated/α-hetero) is 1. The van der Waals surface area contributed by atoms with Crippen molar-refractivity contribution in [2.45, 2.75) is 25.7 Å². The molecule has 1 aliphatic carbocycles. The van der Waals surface area contributed by atoms with Gasteiger partial charge in [-0.25, -0.2) is 10.2 Å². The zero-order chi connectivity index (χ0) is 15.4. The second kappa shape index (κ2) is 6.21. The van der Waals surface area contributed by atoms with Crippen LogP contribution in [0.1, 0.15) is 31.2 Å². The summed E-state index contributed by atoms with van der Waals surface area (Å²) in [5.41, 5.74) is 8.40. The molecule has 2 amide bonds. The summed E-state index contributed by atoms with van der Waals surface area (Å²) in [5.74, 6) is -0.243. The van der Waals surface area contributed by atoms with Crippen molar-refractivity contribution in [3.05, 3.63) is 47.2 Å². The summed E-state index contributed by atoms with van der Waals surface area (Å²) in [6.07, 6.45) is 0.668. The molecule has 0 heterocycles.